The van der Waals surface area contributed by atoms with Crippen LogP contribution in [-0.4, -0.2) is 23.1 Å². The number of hydrogen-bond donors (Lipinski definition) is 0. The Kier molecular flexibility index (Phi) is 5.82. The third kappa shape index (κ3) is 4.01. The Morgan fingerprint density at radius 1 is 1.27 bits per heavy atom. The molecule has 2 aromatic carbocycles. The van der Waals surface area contributed by atoms with Crippen LogP contribution >= 0.6 is 33.9 Å². The van der Waals surface area contributed by atoms with Crippen LogP contribution in [-0.2, 0) is 16.1 Å². The molecular formula is C18H14FIN2O3S. The molecular weight excluding hydrogens is 470 g/mol. The first-order chi connectivity index (χ1) is 12.5. The van der Waals surface area contributed by atoms with Crippen molar-refractivity contribution in [3.63, 3.8) is 0 Å². The number of benzene rings is 2. The largest absolute Gasteiger partial charge is 0.465 e. The average Bonchev–Trinajstić information content (AvgIpc) is 2.91. The van der Waals surface area contributed by atoms with Gasteiger partial charge in [-0.05, 0) is 59.8 Å². The minimum atomic E-state index is -0.445. The SMILES string of the molecule is CCOC(=O)Cn1c(=NC(=O)c2ccccc2I)sc2cc(F)ccc21. The molecule has 0 radical (unpaired) electrons. The molecule has 0 unspecified atom stereocenters. The minimum absolute atomic E-state index is 0.0997. The minimum Gasteiger partial charge on any atom is -0.465 e. The summed E-state index contributed by atoms with van der Waals surface area (Å²) < 4.78 is 21.5. The van der Waals surface area contributed by atoms with E-state index < -0.39 is 17.7 Å². The molecule has 3 rings (SSSR count). The molecule has 26 heavy (non-hydrogen) atoms. The summed E-state index contributed by atoms with van der Waals surface area (Å²) in [6, 6.07) is 11.3. The summed E-state index contributed by atoms with van der Waals surface area (Å²) in [5.74, 6) is -1.25. The van der Waals surface area contributed by atoms with Gasteiger partial charge in [0.25, 0.3) is 5.91 Å². The number of fused-ring (bicyclic) bond motifs is 1. The van der Waals surface area contributed by atoms with Gasteiger partial charge in [0.05, 0.1) is 22.4 Å². The Morgan fingerprint density at radius 3 is 2.77 bits per heavy atom. The zero-order valence-electron chi connectivity index (χ0n) is 13.7. The van der Waals surface area contributed by atoms with Crippen LogP contribution in [0.15, 0.2) is 47.5 Å². The van der Waals surface area contributed by atoms with Crippen molar-refractivity contribution in [2.24, 2.45) is 4.99 Å². The molecule has 8 heteroatoms. The van der Waals surface area contributed by atoms with Gasteiger partial charge in [0.1, 0.15) is 12.4 Å². The predicted octanol–water partition coefficient (Wildman–Crippen LogP) is 3.75. The van der Waals surface area contributed by atoms with Crippen LogP contribution in [0.2, 0.25) is 0 Å². The van der Waals surface area contributed by atoms with Gasteiger partial charge in [0.15, 0.2) is 4.80 Å². The fourth-order valence-corrected chi connectivity index (χ4v) is 4.07. The van der Waals surface area contributed by atoms with Crippen molar-refractivity contribution >= 4 is 56.0 Å². The van der Waals surface area contributed by atoms with E-state index in [1.807, 2.05) is 12.1 Å². The lowest BCUT2D eigenvalue weighted by atomic mass is 10.2. The molecule has 0 bridgehead atoms. The number of rotatable bonds is 4. The molecule has 1 heterocycles. The van der Waals surface area contributed by atoms with Gasteiger partial charge >= 0.3 is 5.97 Å². The van der Waals surface area contributed by atoms with Gasteiger partial charge in [-0.1, -0.05) is 23.5 Å². The van der Waals surface area contributed by atoms with Gasteiger partial charge in [0, 0.05) is 3.57 Å². The Bertz CT molecular complexity index is 1060. The highest BCUT2D eigenvalue weighted by Crippen LogP contribution is 2.19. The first-order valence-corrected chi connectivity index (χ1v) is 9.67. The van der Waals surface area contributed by atoms with E-state index in [0.717, 1.165) is 14.9 Å². The lowest BCUT2D eigenvalue weighted by molar-refractivity contribution is -0.143. The summed E-state index contributed by atoms with van der Waals surface area (Å²) in [7, 11) is 0. The molecule has 1 aromatic heterocycles. The number of halogens is 2. The van der Waals surface area contributed by atoms with Crippen molar-refractivity contribution in [2.45, 2.75) is 13.5 Å². The first-order valence-electron chi connectivity index (χ1n) is 7.77. The Hall–Kier alpha value is -2.07. The number of aromatic nitrogens is 1. The van der Waals surface area contributed by atoms with Gasteiger partial charge in [-0.25, -0.2) is 4.39 Å². The summed E-state index contributed by atoms with van der Waals surface area (Å²) in [4.78, 5) is 29.0. The fourth-order valence-electron chi connectivity index (χ4n) is 2.40. The van der Waals surface area contributed by atoms with Crippen LogP contribution in [0.4, 0.5) is 4.39 Å². The van der Waals surface area contributed by atoms with Crippen LogP contribution in [0.5, 0.6) is 0 Å². The number of nitrogens with zero attached hydrogens (tertiary/aromatic N) is 2. The standard InChI is InChI=1S/C18H14FIN2O3S/c1-2-25-16(23)10-22-14-8-7-11(19)9-15(14)26-18(22)21-17(24)12-5-3-4-6-13(12)20/h3-9H,2,10H2,1H3. The van der Waals surface area contributed by atoms with E-state index in [9.17, 15) is 14.0 Å². The molecule has 0 aliphatic carbocycles. The zero-order chi connectivity index (χ0) is 18.7. The number of esters is 1. The second-order valence-corrected chi connectivity index (χ2v) is 7.46. The molecule has 0 aliphatic heterocycles. The van der Waals surface area contributed by atoms with Gasteiger partial charge in [-0.3, -0.25) is 9.59 Å². The maximum absolute atomic E-state index is 13.5. The molecule has 3 aromatic rings. The smallest absolute Gasteiger partial charge is 0.326 e. The van der Waals surface area contributed by atoms with Crippen molar-refractivity contribution < 1.29 is 18.7 Å². The molecule has 0 fully saturated rings. The second kappa shape index (κ2) is 8.09. The summed E-state index contributed by atoms with van der Waals surface area (Å²) in [5, 5.41) is 0. The molecule has 0 N–H and O–H groups in total. The third-order valence-electron chi connectivity index (χ3n) is 3.54. The Labute approximate surface area is 166 Å². The fraction of sp³-hybridized carbons (Fsp3) is 0.167. The summed E-state index contributed by atoms with van der Waals surface area (Å²) in [6.07, 6.45) is 0. The van der Waals surface area contributed by atoms with Crippen LogP contribution < -0.4 is 4.80 Å². The van der Waals surface area contributed by atoms with Crippen LogP contribution in [0.25, 0.3) is 10.2 Å². The van der Waals surface area contributed by atoms with Crippen molar-refractivity contribution in [3.05, 3.63) is 62.2 Å². The van der Waals surface area contributed by atoms with E-state index in [1.165, 1.54) is 12.1 Å². The Balaban J connectivity index is 2.13. The number of carbonyl (C=O) groups excluding carboxylic acids is 2. The number of thiazole rings is 1. The van der Waals surface area contributed by atoms with E-state index in [4.69, 9.17) is 4.74 Å². The van der Waals surface area contributed by atoms with E-state index >= 15 is 0 Å². The molecule has 0 atom stereocenters. The monoisotopic (exact) mass is 484 g/mol. The van der Waals surface area contributed by atoms with E-state index in [-0.39, 0.29) is 13.2 Å². The normalized spacial score (nSPS) is 11.7. The van der Waals surface area contributed by atoms with E-state index in [1.54, 1.807) is 29.7 Å². The molecule has 134 valence electrons. The van der Waals surface area contributed by atoms with Crippen molar-refractivity contribution in [2.75, 3.05) is 6.61 Å². The number of carbonyl (C=O) groups is 2. The van der Waals surface area contributed by atoms with Crippen molar-refractivity contribution in [1.82, 2.24) is 4.57 Å². The highest BCUT2D eigenvalue weighted by atomic mass is 127. The lowest BCUT2D eigenvalue weighted by Crippen LogP contribution is -2.23. The third-order valence-corrected chi connectivity index (χ3v) is 5.52. The number of hydrogen-bond acceptors (Lipinski definition) is 4. The maximum Gasteiger partial charge on any atom is 0.326 e. The molecule has 0 saturated carbocycles. The molecule has 0 spiro atoms. The van der Waals surface area contributed by atoms with Gasteiger partial charge < -0.3 is 9.30 Å². The predicted molar refractivity (Wildman–Crippen MR) is 105 cm³/mol. The van der Waals surface area contributed by atoms with Gasteiger partial charge in [-0.15, -0.1) is 0 Å². The summed E-state index contributed by atoms with van der Waals surface area (Å²) in [6.45, 7) is 1.87. The lowest BCUT2D eigenvalue weighted by Gasteiger charge is -2.05. The molecule has 0 saturated heterocycles. The first kappa shape index (κ1) is 18.7. The number of ether oxygens (including phenoxy) is 1. The molecule has 1 amide bonds. The average molecular weight is 484 g/mol. The van der Waals surface area contributed by atoms with Crippen LogP contribution in [0.3, 0.4) is 0 Å². The van der Waals surface area contributed by atoms with Crippen LogP contribution in [0.1, 0.15) is 17.3 Å². The highest BCUT2D eigenvalue weighted by Gasteiger charge is 2.14. The van der Waals surface area contributed by atoms with Crippen LogP contribution in [0, 0.1) is 9.39 Å². The Morgan fingerprint density at radius 2 is 2.04 bits per heavy atom. The zero-order valence-corrected chi connectivity index (χ0v) is 16.7. The summed E-state index contributed by atoms with van der Waals surface area (Å²) in [5.41, 5.74) is 1.10. The molecule has 0 aliphatic rings. The van der Waals surface area contributed by atoms with Gasteiger partial charge in [0.2, 0.25) is 0 Å². The second-order valence-electron chi connectivity index (χ2n) is 5.28. The van der Waals surface area contributed by atoms with Gasteiger partial charge in [-0.2, -0.15) is 4.99 Å². The maximum atomic E-state index is 13.5. The van der Waals surface area contributed by atoms with Crippen molar-refractivity contribution in [3.8, 4) is 0 Å². The van der Waals surface area contributed by atoms with E-state index in [0.29, 0.717) is 20.6 Å². The quantitative estimate of drug-likeness (QED) is 0.419. The summed E-state index contributed by atoms with van der Waals surface area (Å²) >= 11 is 3.22. The number of amides is 1. The highest BCUT2D eigenvalue weighted by molar-refractivity contribution is 14.1. The van der Waals surface area contributed by atoms with Crippen molar-refractivity contribution in [1.29, 1.82) is 0 Å². The topological polar surface area (TPSA) is 60.7 Å². The molecule has 5 nitrogen and oxygen atoms in total. The van der Waals surface area contributed by atoms with E-state index in [2.05, 4.69) is 27.6 Å².